The van der Waals surface area contributed by atoms with Crippen LogP contribution in [0.4, 0.5) is 11.5 Å². The van der Waals surface area contributed by atoms with E-state index in [1.54, 1.807) is 10.9 Å². The maximum Gasteiger partial charge on any atom is 0.259 e. The van der Waals surface area contributed by atoms with E-state index in [9.17, 15) is 4.79 Å². The van der Waals surface area contributed by atoms with E-state index >= 15 is 0 Å². The summed E-state index contributed by atoms with van der Waals surface area (Å²) in [5.74, 6) is 0.264. The first-order chi connectivity index (χ1) is 14.9. The maximum absolute atomic E-state index is 13.1. The number of aromatic nitrogens is 5. The Morgan fingerprint density at radius 3 is 2.77 bits per heavy atom. The van der Waals surface area contributed by atoms with E-state index in [1.165, 1.54) is 0 Å². The van der Waals surface area contributed by atoms with Gasteiger partial charge in [0.1, 0.15) is 5.52 Å². The van der Waals surface area contributed by atoms with Crippen molar-refractivity contribution in [3.63, 3.8) is 0 Å². The molecule has 0 aliphatic carbocycles. The van der Waals surface area contributed by atoms with Gasteiger partial charge in [0.05, 0.1) is 23.1 Å². The Kier molecular flexibility index (Phi) is 4.62. The van der Waals surface area contributed by atoms with Gasteiger partial charge in [0.25, 0.3) is 5.91 Å². The SMILES string of the molecule is CNC1CCN(c2ccc(C(=O)Nc3cn4cc(C)nc(C)c4n3)c3nn(C)cc23)C1. The summed E-state index contributed by atoms with van der Waals surface area (Å²) in [5.41, 5.74) is 4.79. The second-order valence-corrected chi connectivity index (χ2v) is 8.20. The summed E-state index contributed by atoms with van der Waals surface area (Å²) in [6, 6.07) is 4.36. The molecule has 0 bridgehead atoms. The molecule has 1 saturated heterocycles. The Morgan fingerprint density at radius 1 is 1.16 bits per heavy atom. The molecule has 2 N–H and O–H groups in total. The van der Waals surface area contributed by atoms with E-state index < -0.39 is 0 Å². The van der Waals surface area contributed by atoms with Crippen molar-refractivity contribution in [2.75, 3.05) is 30.4 Å². The van der Waals surface area contributed by atoms with Gasteiger partial charge in [0.2, 0.25) is 0 Å². The van der Waals surface area contributed by atoms with Gasteiger partial charge in [-0.05, 0) is 39.4 Å². The van der Waals surface area contributed by atoms with Gasteiger partial charge in [-0.25, -0.2) is 4.98 Å². The van der Waals surface area contributed by atoms with Crippen LogP contribution in [0.5, 0.6) is 0 Å². The lowest BCUT2D eigenvalue weighted by atomic mass is 10.1. The van der Waals surface area contributed by atoms with Gasteiger partial charge in [-0.15, -0.1) is 0 Å². The van der Waals surface area contributed by atoms with Crippen LogP contribution in [-0.2, 0) is 7.05 Å². The number of hydrogen-bond donors (Lipinski definition) is 2. The average molecular weight is 419 g/mol. The van der Waals surface area contributed by atoms with Gasteiger partial charge in [0.15, 0.2) is 11.5 Å². The molecule has 0 spiro atoms. The number of nitrogens with one attached hydrogen (secondary N) is 2. The summed E-state index contributed by atoms with van der Waals surface area (Å²) in [4.78, 5) is 24.5. The lowest BCUT2D eigenvalue weighted by Crippen LogP contribution is -2.29. The number of carbonyl (C=O) groups excluding carboxylic acids is 1. The van der Waals surface area contributed by atoms with Gasteiger partial charge < -0.3 is 19.9 Å². The van der Waals surface area contributed by atoms with Crippen molar-refractivity contribution in [3.05, 3.63) is 47.7 Å². The molecule has 1 aromatic carbocycles. The zero-order valence-electron chi connectivity index (χ0n) is 18.2. The van der Waals surface area contributed by atoms with Crippen LogP contribution < -0.4 is 15.5 Å². The van der Waals surface area contributed by atoms with E-state index in [1.807, 2.05) is 56.9 Å². The van der Waals surface area contributed by atoms with E-state index in [2.05, 4.69) is 30.6 Å². The Hall–Kier alpha value is -3.46. The summed E-state index contributed by atoms with van der Waals surface area (Å²) >= 11 is 0. The number of rotatable bonds is 4. The summed E-state index contributed by atoms with van der Waals surface area (Å²) in [6.45, 7) is 5.77. The van der Waals surface area contributed by atoms with Crippen LogP contribution in [-0.4, -0.2) is 56.2 Å². The van der Waals surface area contributed by atoms with Crippen molar-refractivity contribution in [2.45, 2.75) is 26.3 Å². The van der Waals surface area contributed by atoms with Gasteiger partial charge >= 0.3 is 0 Å². The van der Waals surface area contributed by atoms with Crippen molar-refractivity contribution >= 4 is 34.0 Å². The van der Waals surface area contributed by atoms with Crippen molar-refractivity contribution < 1.29 is 4.79 Å². The average Bonchev–Trinajstić information content (AvgIpc) is 3.44. The summed E-state index contributed by atoms with van der Waals surface area (Å²) in [7, 11) is 3.88. The second-order valence-electron chi connectivity index (χ2n) is 8.20. The van der Waals surface area contributed by atoms with Crippen LogP contribution in [0.3, 0.4) is 0 Å². The van der Waals surface area contributed by atoms with E-state index in [0.29, 0.717) is 22.9 Å². The molecule has 1 aliphatic rings. The van der Waals surface area contributed by atoms with Crippen molar-refractivity contribution in [2.24, 2.45) is 7.05 Å². The molecule has 1 atom stereocenters. The third-order valence-electron chi connectivity index (χ3n) is 5.92. The number of fused-ring (bicyclic) bond motifs is 2. The van der Waals surface area contributed by atoms with E-state index in [4.69, 9.17) is 0 Å². The Labute approximate surface area is 180 Å². The van der Waals surface area contributed by atoms with Crippen LogP contribution in [0.15, 0.2) is 30.7 Å². The lowest BCUT2D eigenvalue weighted by molar-refractivity contribution is 0.102. The first kappa shape index (κ1) is 19.5. The molecule has 31 heavy (non-hydrogen) atoms. The minimum absolute atomic E-state index is 0.226. The highest BCUT2D eigenvalue weighted by Gasteiger charge is 2.25. The maximum atomic E-state index is 13.1. The molecule has 1 amide bonds. The molecule has 1 fully saturated rings. The van der Waals surface area contributed by atoms with E-state index in [0.717, 1.165) is 47.6 Å². The van der Waals surface area contributed by atoms with Gasteiger partial charge in [0, 0.05) is 49.6 Å². The molecule has 9 heteroatoms. The molecule has 1 aliphatic heterocycles. The molecule has 4 heterocycles. The Bertz CT molecular complexity index is 1300. The zero-order chi connectivity index (χ0) is 21.7. The quantitative estimate of drug-likeness (QED) is 0.528. The number of likely N-dealkylation sites (N-methyl/N-ethyl adjacent to an activating group) is 1. The first-order valence-electron chi connectivity index (χ1n) is 10.5. The highest BCUT2D eigenvalue weighted by molar-refractivity contribution is 6.13. The highest BCUT2D eigenvalue weighted by Crippen LogP contribution is 2.31. The number of anilines is 2. The van der Waals surface area contributed by atoms with Crippen LogP contribution in [0.1, 0.15) is 28.2 Å². The van der Waals surface area contributed by atoms with Crippen molar-refractivity contribution in [3.8, 4) is 0 Å². The fourth-order valence-electron chi connectivity index (χ4n) is 4.43. The molecule has 160 valence electrons. The summed E-state index contributed by atoms with van der Waals surface area (Å²) in [5, 5.41) is 11.9. The second kappa shape index (κ2) is 7.35. The summed E-state index contributed by atoms with van der Waals surface area (Å²) in [6.07, 6.45) is 6.78. The highest BCUT2D eigenvalue weighted by atomic mass is 16.1. The minimum atomic E-state index is -0.226. The number of imidazole rings is 1. The van der Waals surface area contributed by atoms with Gasteiger partial charge in [-0.2, -0.15) is 5.10 Å². The molecule has 0 saturated carbocycles. The molecule has 3 aromatic heterocycles. The Balaban J connectivity index is 1.48. The van der Waals surface area contributed by atoms with Gasteiger partial charge in [-0.1, -0.05) is 0 Å². The van der Waals surface area contributed by atoms with Crippen molar-refractivity contribution in [1.82, 2.24) is 29.5 Å². The molecule has 1 unspecified atom stereocenters. The van der Waals surface area contributed by atoms with Crippen LogP contribution in [0.2, 0.25) is 0 Å². The third kappa shape index (κ3) is 3.40. The smallest absolute Gasteiger partial charge is 0.259 e. The van der Waals surface area contributed by atoms with Gasteiger partial charge in [-0.3, -0.25) is 14.5 Å². The number of aryl methyl sites for hydroxylation is 3. The fourth-order valence-corrected chi connectivity index (χ4v) is 4.43. The van der Waals surface area contributed by atoms with Crippen LogP contribution in [0, 0.1) is 13.8 Å². The topological polar surface area (TPSA) is 92.4 Å². The number of benzene rings is 1. The van der Waals surface area contributed by atoms with E-state index in [-0.39, 0.29) is 5.91 Å². The molecule has 5 rings (SSSR count). The van der Waals surface area contributed by atoms with Crippen molar-refractivity contribution in [1.29, 1.82) is 0 Å². The predicted octanol–water partition coefficient (Wildman–Crippen LogP) is 2.28. The predicted molar refractivity (Wildman–Crippen MR) is 121 cm³/mol. The molecular weight excluding hydrogens is 392 g/mol. The standard InChI is InChI=1S/C22H26N8O/c1-13-9-30-12-19(25-21(30)14(2)24-13)26-22(31)16-5-6-18(17-11-28(4)27-20(16)17)29-8-7-15(10-29)23-3/h5-6,9,11-12,15,23H,7-8,10H2,1-4H3,(H,26,31). The number of nitrogens with zero attached hydrogens (tertiary/aromatic N) is 6. The number of hydrogen-bond acceptors (Lipinski definition) is 6. The monoisotopic (exact) mass is 418 g/mol. The third-order valence-corrected chi connectivity index (χ3v) is 5.92. The zero-order valence-corrected chi connectivity index (χ0v) is 18.2. The first-order valence-corrected chi connectivity index (χ1v) is 10.5. The normalized spacial score (nSPS) is 16.5. The number of carbonyl (C=O) groups is 1. The number of amides is 1. The fraction of sp³-hybridized carbons (Fsp3) is 0.364. The molecular formula is C22H26N8O. The summed E-state index contributed by atoms with van der Waals surface area (Å²) < 4.78 is 3.65. The lowest BCUT2D eigenvalue weighted by Gasteiger charge is -2.20. The van der Waals surface area contributed by atoms with Crippen LogP contribution in [0.25, 0.3) is 16.6 Å². The molecule has 9 nitrogen and oxygen atoms in total. The molecule has 4 aromatic rings. The molecule has 0 radical (unpaired) electrons. The Morgan fingerprint density at radius 2 is 2.00 bits per heavy atom. The minimum Gasteiger partial charge on any atom is -0.369 e. The van der Waals surface area contributed by atoms with Crippen LogP contribution >= 0.6 is 0 Å². The largest absolute Gasteiger partial charge is 0.369 e.